The fraction of sp³-hybridized carbons (Fsp3) is 0.588. The number of hydrogen-bond donors (Lipinski definition) is 1. The molecule has 2 fully saturated rings. The van der Waals surface area contributed by atoms with Gasteiger partial charge in [0.2, 0.25) is 0 Å². The number of likely N-dealkylation sites (tertiary alicyclic amines) is 1. The number of amides is 1. The number of pyridine rings is 1. The van der Waals surface area contributed by atoms with E-state index in [9.17, 15) is 9.90 Å². The lowest BCUT2D eigenvalue weighted by atomic mass is 9.83. The molecule has 1 N–H and O–H groups in total. The van der Waals surface area contributed by atoms with Gasteiger partial charge in [0.15, 0.2) is 0 Å². The van der Waals surface area contributed by atoms with Gasteiger partial charge in [-0.2, -0.15) is 5.26 Å². The van der Waals surface area contributed by atoms with E-state index in [4.69, 9.17) is 5.26 Å². The summed E-state index contributed by atoms with van der Waals surface area (Å²) in [6, 6.07) is 4.46. The van der Waals surface area contributed by atoms with Crippen molar-refractivity contribution in [3.63, 3.8) is 0 Å². The Morgan fingerprint density at radius 3 is 2.74 bits per heavy atom. The van der Waals surface area contributed by atoms with Gasteiger partial charge in [0, 0.05) is 31.2 Å². The highest BCUT2D eigenvalue weighted by atomic mass is 16.4. The van der Waals surface area contributed by atoms with Crippen LogP contribution in [0.1, 0.15) is 32.8 Å². The molecular formula is C17H22N4O2. The number of fused-ring (bicyclic) bond motifs is 1. The molecule has 6 nitrogen and oxygen atoms in total. The molecule has 2 aliphatic rings. The number of rotatable bonds is 1. The number of carboxylic acid groups (broad SMARTS) is 1. The van der Waals surface area contributed by atoms with Gasteiger partial charge in [-0.3, -0.25) is 4.98 Å². The maximum absolute atomic E-state index is 11.3. The molecular weight excluding hydrogens is 292 g/mol. The molecule has 3 atom stereocenters. The lowest BCUT2D eigenvalue weighted by Crippen LogP contribution is -2.46. The first-order valence-corrected chi connectivity index (χ1v) is 7.92. The summed E-state index contributed by atoms with van der Waals surface area (Å²) in [6.07, 6.45) is 3.46. The van der Waals surface area contributed by atoms with Crippen LogP contribution in [0.25, 0.3) is 0 Å². The van der Waals surface area contributed by atoms with Crippen molar-refractivity contribution in [3.8, 4) is 6.07 Å². The highest BCUT2D eigenvalue weighted by molar-refractivity contribution is 5.66. The van der Waals surface area contributed by atoms with Crippen molar-refractivity contribution in [2.75, 3.05) is 18.0 Å². The molecule has 0 bridgehead atoms. The molecule has 1 amide bonds. The average molecular weight is 314 g/mol. The molecule has 0 aliphatic carbocycles. The van der Waals surface area contributed by atoms with E-state index in [1.165, 1.54) is 4.90 Å². The van der Waals surface area contributed by atoms with Gasteiger partial charge in [-0.1, -0.05) is 20.8 Å². The Bertz CT molecular complexity index is 661. The fourth-order valence-electron chi connectivity index (χ4n) is 3.96. The SMILES string of the molecule is CC(C)(C)C1C[C@H]2CN(C(=O)O)C[C@H]2N1c1cncc(C#N)c1. The summed E-state index contributed by atoms with van der Waals surface area (Å²) in [5.74, 6) is 0.334. The smallest absolute Gasteiger partial charge is 0.407 e. The molecule has 1 aromatic rings. The van der Waals surface area contributed by atoms with Crippen LogP contribution in [0.5, 0.6) is 0 Å². The number of carbonyl (C=O) groups is 1. The van der Waals surface area contributed by atoms with E-state index in [-0.39, 0.29) is 11.5 Å². The monoisotopic (exact) mass is 314 g/mol. The molecule has 2 saturated heterocycles. The molecule has 0 aromatic carbocycles. The summed E-state index contributed by atoms with van der Waals surface area (Å²) in [7, 11) is 0. The van der Waals surface area contributed by atoms with Gasteiger partial charge in [-0.15, -0.1) is 0 Å². The lowest BCUT2D eigenvalue weighted by molar-refractivity contribution is 0.151. The Morgan fingerprint density at radius 2 is 2.13 bits per heavy atom. The predicted molar refractivity (Wildman–Crippen MR) is 86.2 cm³/mol. The van der Waals surface area contributed by atoms with Crippen LogP contribution < -0.4 is 4.90 Å². The third kappa shape index (κ3) is 2.72. The second-order valence-electron chi connectivity index (χ2n) is 7.58. The molecule has 3 rings (SSSR count). The summed E-state index contributed by atoms with van der Waals surface area (Å²) in [5.41, 5.74) is 1.52. The zero-order valence-electron chi connectivity index (χ0n) is 13.7. The highest BCUT2D eigenvalue weighted by Gasteiger charge is 2.50. The first kappa shape index (κ1) is 15.6. The minimum Gasteiger partial charge on any atom is -0.465 e. The summed E-state index contributed by atoms with van der Waals surface area (Å²) in [5, 5.41) is 18.4. The molecule has 1 aromatic heterocycles. The van der Waals surface area contributed by atoms with Crippen LogP contribution in [-0.2, 0) is 0 Å². The first-order valence-electron chi connectivity index (χ1n) is 7.92. The second-order valence-corrected chi connectivity index (χ2v) is 7.58. The van der Waals surface area contributed by atoms with E-state index in [0.29, 0.717) is 30.6 Å². The quantitative estimate of drug-likeness (QED) is 0.861. The Kier molecular flexibility index (Phi) is 3.67. The topological polar surface area (TPSA) is 80.5 Å². The summed E-state index contributed by atoms with van der Waals surface area (Å²) in [6.45, 7) is 7.74. The van der Waals surface area contributed by atoms with Gasteiger partial charge in [-0.05, 0) is 17.9 Å². The van der Waals surface area contributed by atoms with Gasteiger partial charge in [0.1, 0.15) is 6.07 Å². The van der Waals surface area contributed by atoms with E-state index < -0.39 is 6.09 Å². The standard InChI is InChI=1S/C17H22N4O2/c1-17(2,3)15-5-12-9-20(16(22)23)10-14(12)21(15)13-4-11(6-18)7-19-8-13/h4,7-8,12,14-15H,5,9-10H2,1-3H3,(H,22,23)/t12-,14+,15?/m0/s1. The van der Waals surface area contributed by atoms with Crippen molar-refractivity contribution < 1.29 is 9.90 Å². The summed E-state index contributed by atoms with van der Waals surface area (Å²) >= 11 is 0. The van der Waals surface area contributed by atoms with Crippen LogP contribution in [0.2, 0.25) is 0 Å². The van der Waals surface area contributed by atoms with E-state index >= 15 is 0 Å². The van der Waals surface area contributed by atoms with Crippen LogP contribution >= 0.6 is 0 Å². The fourth-order valence-corrected chi connectivity index (χ4v) is 3.96. The molecule has 3 heterocycles. The normalized spacial score (nSPS) is 27.0. The first-order chi connectivity index (χ1) is 10.8. The van der Waals surface area contributed by atoms with Gasteiger partial charge < -0.3 is 14.9 Å². The molecule has 6 heteroatoms. The zero-order chi connectivity index (χ0) is 16.8. The Balaban J connectivity index is 1.98. The number of aromatic nitrogens is 1. The van der Waals surface area contributed by atoms with Crippen molar-refractivity contribution >= 4 is 11.8 Å². The molecule has 0 saturated carbocycles. The number of nitrogens with zero attached hydrogens (tertiary/aromatic N) is 4. The second kappa shape index (κ2) is 5.41. The Hall–Kier alpha value is -2.29. The third-order valence-electron chi connectivity index (χ3n) is 5.05. The maximum Gasteiger partial charge on any atom is 0.407 e. The summed E-state index contributed by atoms with van der Waals surface area (Å²) < 4.78 is 0. The molecule has 0 radical (unpaired) electrons. The summed E-state index contributed by atoms with van der Waals surface area (Å²) in [4.78, 5) is 19.3. The van der Waals surface area contributed by atoms with Gasteiger partial charge in [0.05, 0.1) is 23.5 Å². The van der Waals surface area contributed by atoms with Crippen LogP contribution in [-0.4, -0.2) is 46.3 Å². The highest BCUT2D eigenvalue weighted by Crippen LogP contribution is 2.44. The lowest BCUT2D eigenvalue weighted by Gasteiger charge is -2.39. The molecule has 2 aliphatic heterocycles. The Labute approximate surface area is 136 Å². The van der Waals surface area contributed by atoms with Gasteiger partial charge in [0.25, 0.3) is 0 Å². The van der Waals surface area contributed by atoms with E-state index in [0.717, 1.165) is 12.1 Å². The Morgan fingerprint density at radius 1 is 1.39 bits per heavy atom. The largest absolute Gasteiger partial charge is 0.465 e. The average Bonchev–Trinajstić information content (AvgIpc) is 3.04. The van der Waals surface area contributed by atoms with Gasteiger partial charge in [-0.25, -0.2) is 4.79 Å². The third-order valence-corrected chi connectivity index (χ3v) is 5.05. The van der Waals surface area contributed by atoms with Crippen LogP contribution in [0.4, 0.5) is 10.5 Å². The number of nitriles is 1. The zero-order valence-corrected chi connectivity index (χ0v) is 13.7. The predicted octanol–water partition coefficient (Wildman–Crippen LogP) is 2.56. The van der Waals surface area contributed by atoms with Crippen LogP contribution in [0.15, 0.2) is 18.5 Å². The van der Waals surface area contributed by atoms with E-state index in [1.54, 1.807) is 12.4 Å². The van der Waals surface area contributed by atoms with Crippen molar-refractivity contribution in [3.05, 3.63) is 24.0 Å². The van der Waals surface area contributed by atoms with Crippen molar-refractivity contribution in [2.45, 2.75) is 39.3 Å². The molecule has 122 valence electrons. The van der Waals surface area contributed by atoms with Crippen molar-refractivity contribution in [2.24, 2.45) is 11.3 Å². The molecule has 23 heavy (non-hydrogen) atoms. The number of anilines is 1. The van der Waals surface area contributed by atoms with E-state index in [1.807, 2.05) is 6.07 Å². The van der Waals surface area contributed by atoms with Crippen LogP contribution in [0.3, 0.4) is 0 Å². The van der Waals surface area contributed by atoms with Crippen LogP contribution in [0, 0.1) is 22.7 Å². The van der Waals surface area contributed by atoms with E-state index in [2.05, 4.69) is 36.7 Å². The maximum atomic E-state index is 11.3. The minimum atomic E-state index is -0.851. The number of hydrogen-bond acceptors (Lipinski definition) is 4. The van der Waals surface area contributed by atoms with Crippen molar-refractivity contribution in [1.29, 1.82) is 5.26 Å². The molecule has 1 unspecified atom stereocenters. The minimum absolute atomic E-state index is 0.0705. The van der Waals surface area contributed by atoms with Crippen molar-refractivity contribution in [1.82, 2.24) is 9.88 Å². The van der Waals surface area contributed by atoms with Gasteiger partial charge >= 0.3 is 6.09 Å². The molecule has 0 spiro atoms.